The number of nitrogens with zero attached hydrogens (tertiary/aromatic N) is 4. The Hall–Kier alpha value is -3.42. The van der Waals surface area contributed by atoms with E-state index in [1.165, 1.54) is 18.6 Å². The summed E-state index contributed by atoms with van der Waals surface area (Å²) >= 11 is 0. The standard InChI is InChI=1S/C19H19N5O3/c1-27-18-15-10-14(3-4-16(15)21-12-22-18)23-6-8-24(9-7-23)19(26)13-2-5-17(25)20-11-13/h2-5,10-12H,6-9H2,1H3,(H,20,25). The Morgan fingerprint density at radius 2 is 1.93 bits per heavy atom. The van der Waals surface area contributed by atoms with Crippen molar-refractivity contribution < 1.29 is 9.53 Å². The van der Waals surface area contributed by atoms with Gasteiger partial charge in [0.05, 0.1) is 23.6 Å². The molecule has 4 rings (SSSR count). The number of rotatable bonds is 3. The number of hydrogen-bond acceptors (Lipinski definition) is 6. The molecular weight excluding hydrogens is 346 g/mol. The molecular formula is C19H19N5O3. The summed E-state index contributed by atoms with van der Waals surface area (Å²) in [5, 5.41) is 0.865. The first-order chi connectivity index (χ1) is 13.2. The molecule has 1 aliphatic heterocycles. The molecule has 8 heteroatoms. The topological polar surface area (TPSA) is 91.4 Å². The largest absolute Gasteiger partial charge is 0.480 e. The molecule has 27 heavy (non-hydrogen) atoms. The van der Waals surface area contributed by atoms with Crippen LogP contribution in [0.25, 0.3) is 10.9 Å². The molecule has 1 N–H and O–H groups in total. The molecule has 8 nitrogen and oxygen atoms in total. The lowest BCUT2D eigenvalue weighted by Crippen LogP contribution is -2.48. The zero-order chi connectivity index (χ0) is 18.8. The maximum atomic E-state index is 12.6. The quantitative estimate of drug-likeness (QED) is 0.752. The Bertz CT molecular complexity index is 1020. The van der Waals surface area contributed by atoms with Crippen molar-refractivity contribution in [3.05, 3.63) is 58.8 Å². The summed E-state index contributed by atoms with van der Waals surface area (Å²) in [4.78, 5) is 38.7. The van der Waals surface area contributed by atoms with Crippen LogP contribution >= 0.6 is 0 Å². The number of anilines is 1. The fraction of sp³-hybridized carbons (Fsp3) is 0.263. The number of nitrogens with one attached hydrogen (secondary N) is 1. The van der Waals surface area contributed by atoms with Crippen LogP contribution in [0.1, 0.15) is 10.4 Å². The Labute approximate surface area is 155 Å². The van der Waals surface area contributed by atoms with Crippen molar-refractivity contribution in [2.24, 2.45) is 0 Å². The first kappa shape index (κ1) is 17.0. The van der Waals surface area contributed by atoms with Crippen LogP contribution < -0.4 is 15.2 Å². The maximum absolute atomic E-state index is 12.6. The van der Waals surface area contributed by atoms with Gasteiger partial charge in [0.25, 0.3) is 5.91 Å². The first-order valence-corrected chi connectivity index (χ1v) is 8.67. The molecule has 0 unspecified atom stereocenters. The second-order valence-electron chi connectivity index (χ2n) is 6.31. The lowest BCUT2D eigenvalue weighted by molar-refractivity contribution is 0.0746. The molecule has 0 aliphatic carbocycles. The highest BCUT2D eigenvalue weighted by Crippen LogP contribution is 2.27. The van der Waals surface area contributed by atoms with Crippen LogP contribution in [-0.4, -0.2) is 59.0 Å². The molecule has 0 bridgehead atoms. The first-order valence-electron chi connectivity index (χ1n) is 8.67. The zero-order valence-corrected chi connectivity index (χ0v) is 14.9. The summed E-state index contributed by atoms with van der Waals surface area (Å²) in [7, 11) is 1.59. The van der Waals surface area contributed by atoms with E-state index in [-0.39, 0.29) is 11.5 Å². The van der Waals surface area contributed by atoms with Crippen molar-refractivity contribution >= 4 is 22.5 Å². The molecule has 3 heterocycles. The molecule has 1 aromatic carbocycles. The van der Waals surface area contributed by atoms with Gasteiger partial charge < -0.3 is 19.5 Å². The molecule has 0 atom stereocenters. The van der Waals surface area contributed by atoms with Gasteiger partial charge in [-0.05, 0) is 24.3 Å². The smallest absolute Gasteiger partial charge is 0.255 e. The lowest BCUT2D eigenvalue weighted by atomic mass is 10.1. The highest BCUT2D eigenvalue weighted by molar-refractivity contribution is 5.94. The summed E-state index contributed by atoms with van der Waals surface area (Å²) < 4.78 is 5.33. The van der Waals surface area contributed by atoms with Crippen LogP contribution in [0.5, 0.6) is 5.88 Å². The van der Waals surface area contributed by atoms with Gasteiger partial charge in [-0.15, -0.1) is 0 Å². The van der Waals surface area contributed by atoms with Gasteiger partial charge >= 0.3 is 0 Å². The van der Waals surface area contributed by atoms with E-state index in [1.54, 1.807) is 18.1 Å². The van der Waals surface area contributed by atoms with E-state index >= 15 is 0 Å². The van der Waals surface area contributed by atoms with Gasteiger partial charge in [-0.25, -0.2) is 9.97 Å². The molecule has 1 saturated heterocycles. The predicted octanol–water partition coefficient (Wildman–Crippen LogP) is 1.29. The van der Waals surface area contributed by atoms with E-state index in [1.807, 2.05) is 18.2 Å². The Balaban J connectivity index is 1.49. The molecule has 1 amide bonds. The number of hydrogen-bond donors (Lipinski definition) is 1. The van der Waals surface area contributed by atoms with Crippen molar-refractivity contribution in [3.63, 3.8) is 0 Å². The summed E-state index contributed by atoms with van der Waals surface area (Å²) in [6.45, 7) is 2.66. The van der Waals surface area contributed by atoms with Crippen LogP contribution in [0.2, 0.25) is 0 Å². The lowest BCUT2D eigenvalue weighted by Gasteiger charge is -2.36. The third-order valence-corrected chi connectivity index (χ3v) is 4.74. The number of carbonyl (C=O) groups is 1. The average Bonchev–Trinajstić information content (AvgIpc) is 2.73. The number of pyridine rings is 1. The maximum Gasteiger partial charge on any atom is 0.255 e. The number of ether oxygens (including phenoxy) is 1. The van der Waals surface area contributed by atoms with E-state index in [2.05, 4.69) is 19.9 Å². The Morgan fingerprint density at radius 1 is 1.11 bits per heavy atom. The van der Waals surface area contributed by atoms with Crippen LogP contribution in [0.4, 0.5) is 5.69 Å². The molecule has 3 aromatic rings. The van der Waals surface area contributed by atoms with Gasteiger partial charge in [0.2, 0.25) is 11.4 Å². The third-order valence-electron chi connectivity index (χ3n) is 4.74. The van der Waals surface area contributed by atoms with Crippen LogP contribution in [0.3, 0.4) is 0 Å². The van der Waals surface area contributed by atoms with Crippen molar-refractivity contribution in [2.75, 3.05) is 38.2 Å². The minimum atomic E-state index is -0.216. The minimum absolute atomic E-state index is 0.0699. The zero-order valence-electron chi connectivity index (χ0n) is 14.9. The predicted molar refractivity (Wildman–Crippen MR) is 101 cm³/mol. The number of benzene rings is 1. The Morgan fingerprint density at radius 3 is 2.63 bits per heavy atom. The van der Waals surface area contributed by atoms with Crippen molar-refractivity contribution in [3.8, 4) is 5.88 Å². The van der Waals surface area contributed by atoms with Gasteiger partial charge in [-0.1, -0.05) is 0 Å². The van der Waals surface area contributed by atoms with Crippen molar-refractivity contribution in [1.29, 1.82) is 0 Å². The minimum Gasteiger partial charge on any atom is -0.480 e. The molecule has 0 radical (unpaired) electrons. The van der Waals surface area contributed by atoms with Crippen LogP contribution in [-0.2, 0) is 0 Å². The van der Waals surface area contributed by atoms with Crippen molar-refractivity contribution in [1.82, 2.24) is 19.9 Å². The fourth-order valence-electron chi connectivity index (χ4n) is 3.27. The van der Waals surface area contributed by atoms with E-state index in [9.17, 15) is 9.59 Å². The summed E-state index contributed by atoms with van der Waals surface area (Å²) in [5.41, 5.74) is 2.16. The number of carbonyl (C=O) groups excluding carboxylic acids is 1. The van der Waals surface area contributed by atoms with Gasteiger partial charge in [0.15, 0.2) is 0 Å². The number of amides is 1. The summed E-state index contributed by atoms with van der Waals surface area (Å²) in [5.74, 6) is 0.480. The van der Waals surface area contributed by atoms with Gasteiger partial charge in [0.1, 0.15) is 6.33 Å². The Kier molecular flexibility index (Phi) is 4.45. The SMILES string of the molecule is COc1ncnc2ccc(N3CCN(C(=O)c4ccc(=O)[nH]c4)CC3)cc12. The van der Waals surface area contributed by atoms with E-state index < -0.39 is 0 Å². The number of fused-ring (bicyclic) bond motifs is 1. The van der Waals surface area contributed by atoms with E-state index in [0.717, 1.165) is 29.7 Å². The highest BCUT2D eigenvalue weighted by atomic mass is 16.5. The second kappa shape index (κ2) is 7.06. The van der Waals surface area contributed by atoms with Crippen LogP contribution in [0, 0.1) is 0 Å². The molecule has 1 aliphatic rings. The number of piperazine rings is 1. The third kappa shape index (κ3) is 3.33. The fourth-order valence-corrected chi connectivity index (χ4v) is 3.27. The number of methoxy groups -OCH3 is 1. The van der Waals surface area contributed by atoms with Crippen molar-refractivity contribution in [2.45, 2.75) is 0 Å². The number of H-pyrrole nitrogens is 1. The number of aromatic nitrogens is 3. The molecule has 2 aromatic heterocycles. The highest BCUT2D eigenvalue weighted by Gasteiger charge is 2.22. The molecule has 1 fully saturated rings. The average molecular weight is 365 g/mol. The molecule has 0 saturated carbocycles. The summed E-state index contributed by atoms with van der Waals surface area (Å²) in [6, 6.07) is 8.92. The molecule has 138 valence electrons. The van der Waals surface area contributed by atoms with E-state index in [0.29, 0.717) is 24.5 Å². The number of aromatic amines is 1. The van der Waals surface area contributed by atoms with Gasteiger partial charge in [-0.2, -0.15) is 0 Å². The van der Waals surface area contributed by atoms with Gasteiger partial charge in [0, 0.05) is 44.1 Å². The normalized spacial score (nSPS) is 14.4. The van der Waals surface area contributed by atoms with Gasteiger partial charge in [-0.3, -0.25) is 9.59 Å². The summed E-state index contributed by atoms with van der Waals surface area (Å²) in [6.07, 6.45) is 2.95. The monoisotopic (exact) mass is 365 g/mol. The second-order valence-corrected chi connectivity index (χ2v) is 6.31. The van der Waals surface area contributed by atoms with E-state index in [4.69, 9.17) is 4.74 Å². The van der Waals surface area contributed by atoms with Crippen LogP contribution in [0.15, 0.2) is 47.7 Å². The molecule has 0 spiro atoms.